The smallest absolute Gasteiger partial charge is 0.228 e. The molecule has 0 aliphatic carbocycles. The van der Waals surface area contributed by atoms with E-state index >= 15 is 0 Å². The van der Waals surface area contributed by atoms with Crippen LogP contribution in [0.25, 0.3) is 11.1 Å². The molecule has 0 spiro atoms. The van der Waals surface area contributed by atoms with Gasteiger partial charge in [-0.3, -0.25) is 9.52 Å². The number of hydrogen-bond acceptors (Lipinski definition) is 4. The van der Waals surface area contributed by atoms with Gasteiger partial charge in [0.05, 0.1) is 6.42 Å². The number of carbonyl (C=O) groups is 1. The minimum absolute atomic E-state index is 0.131. The summed E-state index contributed by atoms with van der Waals surface area (Å²) >= 11 is 1.52. The van der Waals surface area contributed by atoms with Gasteiger partial charge in [-0.2, -0.15) is 0 Å². The van der Waals surface area contributed by atoms with Gasteiger partial charge in [-0.25, -0.2) is 4.39 Å². The Bertz CT molecular complexity index is 1230. The van der Waals surface area contributed by atoms with E-state index in [0.717, 1.165) is 21.6 Å². The highest BCUT2D eigenvalue weighted by Crippen LogP contribution is 2.35. The third kappa shape index (κ3) is 6.22. The van der Waals surface area contributed by atoms with Gasteiger partial charge >= 0.3 is 0 Å². The fraction of sp³-hybridized carbons (Fsp3) is 0.0741. The second-order valence-electron chi connectivity index (χ2n) is 7.31. The van der Waals surface area contributed by atoms with E-state index in [0.29, 0.717) is 17.2 Å². The van der Waals surface area contributed by atoms with Gasteiger partial charge in [0.1, 0.15) is 17.3 Å². The van der Waals surface area contributed by atoms with Crippen LogP contribution in [0.1, 0.15) is 5.56 Å². The zero-order chi connectivity index (χ0) is 23.0. The van der Waals surface area contributed by atoms with Crippen molar-refractivity contribution >= 4 is 23.5 Å². The first kappa shape index (κ1) is 22.6. The summed E-state index contributed by atoms with van der Waals surface area (Å²) in [5, 5.41) is 2.94. The maximum Gasteiger partial charge on any atom is 0.228 e. The highest BCUT2D eigenvalue weighted by Gasteiger charge is 2.12. The Hall–Kier alpha value is -3.61. The molecule has 0 aliphatic heterocycles. The van der Waals surface area contributed by atoms with Crippen molar-refractivity contribution in [2.24, 2.45) is 0 Å². The van der Waals surface area contributed by atoms with Crippen LogP contribution >= 0.6 is 11.9 Å². The number of hydrogen-bond donors (Lipinski definition) is 2. The molecule has 0 saturated carbocycles. The van der Waals surface area contributed by atoms with Gasteiger partial charge < -0.3 is 10.1 Å². The summed E-state index contributed by atoms with van der Waals surface area (Å²) in [7, 11) is 1.86. The lowest BCUT2D eigenvalue weighted by Gasteiger charge is -2.14. The lowest BCUT2D eigenvalue weighted by Crippen LogP contribution is -2.14. The van der Waals surface area contributed by atoms with Crippen molar-refractivity contribution in [3.8, 4) is 22.6 Å². The SMILES string of the molecule is CNSc1ccc(CC(=O)Nc2ccc(-c3ccccc3)c(Oc3cccc(F)c3)c2)cc1. The zero-order valence-corrected chi connectivity index (χ0v) is 18.9. The summed E-state index contributed by atoms with van der Waals surface area (Å²) in [6, 6.07) is 29.1. The molecule has 33 heavy (non-hydrogen) atoms. The Labute approximate surface area is 196 Å². The number of halogens is 1. The van der Waals surface area contributed by atoms with Crippen LogP contribution in [0.3, 0.4) is 0 Å². The molecule has 0 bridgehead atoms. The van der Waals surface area contributed by atoms with Crippen LogP contribution in [0.4, 0.5) is 10.1 Å². The van der Waals surface area contributed by atoms with E-state index in [2.05, 4.69) is 10.0 Å². The summed E-state index contributed by atoms with van der Waals surface area (Å²) in [6.45, 7) is 0. The molecule has 6 heteroatoms. The third-order valence-corrected chi connectivity index (χ3v) is 5.59. The predicted molar refractivity (Wildman–Crippen MR) is 132 cm³/mol. The minimum atomic E-state index is -0.377. The van der Waals surface area contributed by atoms with Gasteiger partial charge in [-0.15, -0.1) is 0 Å². The van der Waals surface area contributed by atoms with Gasteiger partial charge in [0, 0.05) is 28.3 Å². The fourth-order valence-electron chi connectivity index (χ4n) is 3.38. The summed E-state index contributed by atoms with van der Waals surface area (Å²) in [5.74, 6) is 0.402. The van der Waals surface area contributed by atoms with Crippen molar-refractivity contribution in [1.82, 2.24) is 4.72 Å². The summed E-state index contributed by atoms with van der Waals surface area (Å²) in [5.41, 5.74) is 3.33. The summed E-state index contributed by atoms with van der Waals surface area (Å²) < 4.78 is 22.7. The molecule has 0 fully saturated rings. The van der Waals surface area contributed by atoms with Crippen LogP contribution in [0.5, 0.6) is 11.5 Å². The molecule has 0 heterocycles. The van der Waals surface area contributed by atoms with Crippen molar-refractivity contribution in [3.63, 3.8) is 0 Å². The number of carbonyl (C=O) groups excluding carboxylic acids is 1. The van der Waals surface area contributed by atoms with Crippen LogP contribution in [-0.2, 0) is 11.2 Å². The summed E-state index contributed by atoms with van der Waals surface area (Å²) in [4.78, 5) is 13.7. The predicted octanol–water partition coefficient (Wildman–Crippen LogP) is 6.69. The third-order valence-electron chi connectivity index (χ3n) is 4.88. The van der Waals surface area contributed by atoms with Crippen LogP contribution in [0.15, 0.2) is 102 Å². The molecular weight excluding hydrogens is 435 g/mol. The molecule has 4 rings (SSSR count). The van der Waals surface area contributed by atoms with E-state index < -0.39 is 0 Å². The van der Waals surface area contributed by atoms with Crippen LogP contribution in [0.2, 0.25) is 0 Å². The van der Waals surface area contributed by atoms with E-state index in [1.54, 1.807) is 18.2 Å². The number of ether oxygens (including phenoxy) is 1. The Kier molecular flexibility index (Phi) is 7.40. The van der Waals surface area contributed by atoms with Gasteiger partial charge in [0.15, 0.2) is 0 Å². The van der Waals surface area contributed by atoms with E-state index in [9.17, 15) is 9.18 Å². The van der Waals surface area contributed by atoms with Crippen molar-refractivity contribution in [2.75, 3.05) is 12.4 Å². The van der Waals surface area contributed by atoms with Crippen molar-refractivity contribution in [2.45, 2.75) is 11.3 Å². The van der Waals surface area contributed by atoms with Crippen LogP contribution < -0.4 is 14.8 Å². The molecule has 0 saturated heterocycles. The van der Waals surface area contributed by atoms with Crippen molar-refractivity contribution < 1.29 is 13.9 Å². The standard InChI is InChI=1S/C27H23FN2O2S/c1-29-33-24-13-10-19(11-14-24)16-27(31)30-22-12-15-25(20-6-3-2-4-7-20)26(18-22)32-23-9-5-8-21(28)17-23/h2-15,17-18,29H,16H2,1H3,(H,30,31). The molecule has 4 aromatic carbocycles. The molecule has 0 aliphatic rings. The first-order valence-electron chi connectivity index (χ1n) is 10.5. The van der Waals surface area contributed by atoms with Gasteiger partial charge in [0.25, 0.3) is 0 Å². The van der Waals surface area contributed by atoms with Crippen LogP contribution in [0, 0.1) is 5.82 Å². The largest absolute Gasteiger partial charge is 0.457 e. The van der Waals surface area contributed by atoms with E-state index in [1.165, 1.54) is 24.1 Å². The number of benzene rings is 4. The molecular formula is C27H23FN2O2S. The topological polar surface area (TPSA) is 50.4 Å². The molecule has 166 valence electrons. The first-order valence-corrected chi connectivity index (χ1v) is 11.3. The second-order valence-corrected chi connectivity index (χ2v) is 8.40. The number of nitrogens with one attached hydrogen (secondary N) is 2. The molecule has 4 nitrogen and oxygen atoms in total. The first-order chi connectivity index (χ1) is 16.1. The second kappa shape index (κ2) is 10.8. The average molecular weight is 459 g/mol. The molecule has 4 aromatic rings. The molecule has 1 amide bonds. The molecule has 0 atom stereocenters. The van der Waals surface area contributed by atoms with Gasteiger partial charge in [-0.1, -0.05) is 48.5 Å². The molecule has 0 unspecified atom stereocenters. The molecule has 0 aromatic heterocycles. The number of anilines is 1. The average Bonchev–Trinajstić information content (AvgIpc) is 2.81. The Balaban J connectivity index is 1.55. The highest BCUT2D eigenvalue weighted by molar-refractivity contribution is 7.97. The van der Waals surface area contributed by atoms with E-state index in [4.69, 9.17) is 4.74 Å². The van der Waals surface area contributed by atoms with E-state index in [1.807, 2.05) is 73.8 Å². The van der Waals surface area contributed by atoms with Crippen molar-refractivity contribution in [1.29, 1.82) is 0 Å². The number of rotatable bonds is 8. The number of amides is 1. The summed E-state index contributed by atoms with van der Waals surface area (Å²) in [6.07, 6.45) is 0.255. The molecule has 0 radical (unpaired) electrons. The highest BCUT2D eigenvalue weighted by atomic mass is 32.2. The monoisotopic (exact) mass is 458 g/mol. The van der Waals surface area contributed by atoms with E-state index in [-0.39, 0.29) is 18.1 Å². The van der Waals surface area contributed by atoms with Gasteiger partial charge in [-0.05, 0) is 66.5 Å². The van der Waals surface area contributed by atoms with Gasteiger partial charge in [0.2, 0.25) is 5.91 Å². The minimum Gasteiger partial charge on any atom is -0.457 e. The normalized spacial score (nSPS) is 10.6. The maximum atomic E-state index is 13.7. The quantitative estimate of drug-likeness (QED) is 0.289. The fourth-order valence-corrected chi connectivity index (χ4v) is 3.89. The lowest BCUT2D eigenvalue weighted by molar-refractivity contribution is -0.115. The Morgan fingerprint density at radius 3 is 2.42 bits per heavy atom. The Morgan fingerprint density at radius 2 is 1.70 bits per heavy atom. The van der Waals surface area contributed by atoms with Crippen LogP contribution in [-0.4, -0.2) is 13.0 Å². The molecule has 2 N–H and O–H groups in total. The lowest BCUT2D eigenvalue weighted by atomic mass is 10.0. The van der Waals surface area contributed by atoms with Crippen molar-refractivity contribution in [3.05, 3.63) is 108 Å². The maximum absolute atomic E-state index is 13.7. The zero-order valence-electron chi connectivity index (χ0n) is 18.0. The Morgan fingerprint density at radius 1 is 0.909 bits per heavy atom.